The zero-order valence-corrected chi connectivity index (χ0v) is 11.8. The lowest BCUT2D eigenvalue weighted by atomic mass is 10.1. The first-order valence-electron chi connectivity index (χ1n) is 6.81. The van der Waals surface area contributed by atoms with Gasteiger partial charge in [-0.1, -0.05) is 0 Å². The van der Waals surface area contributed by atoms with E-state index in [4.69, 9.17) is 20.9 Å². The van der Waals surface area contributed by atoms with Crippen molar-refractivity contribution in [2.45, 2.75) is 30.6 Å². The smallest absolute Gasteiger partial charge is 0.330 e. The third-order valence-corrected chi connectivity index (χ3v) is 3.42. The number of nitrogens with one attached hydrogen (secondary N) is 1. The maximum Gasteiger partial charge on any atom is 0.330 e. The molecule has 1 fully saturated rings. The Morgan fingerprint density at radius 3 is 2.82 bits per heavy atom. The molecule has 2 heterocycles. The quantitative estimate of drug-likeness (QED) is 0.360. The van der Waals surface area contributed by atoms with Crippen LogP contribution in [0.25, 0.3) is 0 Å². The van der Waals surface area contributed by atoms with E-state index >= 15 is 0 Å². The first kappa shape index (κ1) is 16.8. The van der Waals surface area contributed by atoms with Crippen molar-refractivity contribution in [3.63, 3.8) is 0 Å². The standard InChI is InChI=1S/C12H20N4O6/c13-3-6(14)5-21-10-9(19)7(4-17)22-11(10)16-2-1-8(18)15-12(16)20/h1-2,6-7,9-11,17,19H,3-5,13-14H2,(H,15,18,20)/t6?,7-,9-,10-,11-/m1/s1. The summed E-state index contributed by atoms with van der Waals surface area (Å²) in [6.45, 7) is -0.205. The van der Waals surface area contributed by atoms with E-state index in [9.17, 15) is 19.8 Å². The minimum absolute atomic E-state index is 0.0499. The van der Waals surface area contributed by atoms with Gasteiger partial charge < -0.3 is 31.2 Å². The fourth-order valence-corrected chi connectivity index (χ4v) is 2.20. The van der Waals surface area contributed by atoms with Gasteiger partial charge in [0, 0.05) is 24.8 Å². The Morgan fingerprint density at radius 1 is 1.50 bits per heavy atom. The summed E-state index contributed by atoms with van der Waals surface area (Å²) in [5.41, 5.74) is 9.79. The number of ether oxygens (including phenoxy) is 2. The number of nitrogens with zero attached hydrogens (tertiary/aromatic N) is 1. The molecule has 1 unspecified atom stereocenters. The second-order valence-electron chi connectivity index (χ2n) is 5.05. The molecule has 22 heavy (non-hydrogen) atoms. The largest absolute Gasteiger partial charge is 0.394 e. The molecule has 10 heteroatoms. The molecule has 7 N–H and O–H groups in total. The Kier molecular flexibility index (Phi) is 5.45. The molecule has 1 aromatic rings. The number of rotatable bonds is 6. The van der Waals surface area contributed by atoms with Crippen LogP contribution in [-0.2, 0) is 9.47 Å². The number of aliphatic hydroxyl groups excluding tert-OH is 2. The molecule has 0 spiro atoms. The van der Waals surface area contributed by atoms with Gasteiger partial charge in [0.2, 0.25) is 0 Å². The number of nitrogens with two attached hydrogens (primary N) is 2. The Labute approximate surface area is 125 Å². The van der Waals surface area contributed by atoms with Crippen molar-refractivity contribution in [3.8, 4) is 0 Å². The van der Waals surface area contributed by atoms with Crippen LogP contribution < -0.4 is 22.7 Å². The lowest BCUT2D eigenvalue weighted by Gasteiger charge is -2.23. The highest BCUT2D eigenvalue weighted by atomic mass is 16.6. The minimum atomic E-state index is -1.15. The molecule has 0 saturated carbocycles. The lowest BCUT2D eigenvalue weighted by molar-refractivity contribution is -0.0763. The number of H-pyrrole nitrogens is 1. The Morgan fingerprint density at radius 2 is 2.23 bits per heavy atom. The molecule has 0 radical (unpaired) electrons. The first-order valence-corrected chi connectivity index (χ1v) is 6.81. The van der Waals surface area contributed by atoms with Gasteiger partial charge >= 0.3 is 5.69 Å². The number of aromatic nitrogens is 2. The molecular formula is C12H20N4O6. The normalized spacial score (nSPS) is 29.6. The van der Waals surface area contributed by atoms with Gasteiger partial charge in [0.15, 0.2) is 6.23 Å². The zero-order chi connectivity index (χ0) is 16.3. The molecule has 0 amide bonds. The third-order valence-electron chi connectivity index (χ3n) is 3.42. The van der Waals surface area contributed by atoms with Crippen LogP contribution in [0.15, 0.2) is 21.9 Å². The second kappa shape index (κ2) is 7.13. The summed E-state index contributed by atoms with van der Waals surface area (Å²) < 4.78 is 12.0. The van der Waals surface area contributed by atoms with Crippen LogP contribution in [0.3, 0.4) is 0 Å². The fourth-order valence-electron chi connectivity index (χ4n) is 2.20. The Balaban J connectivity index is 2.25. The van der Waals surface area contributed by atoms with Crippen molar-refractivity contribution < 1.29 is 19.7 Å². The molecule has 0 aliphatic carbocycles. The van der Waals surface area contributed by atoms with Crippen LogP contribution in [0.2, 0.25) is 0 Å². The van der Waals surface area contributed by atoms with Crippen molar-refractivity contribution in [1.29, 1.82) is 0 Å². The van der Waals surface area contributed by atoms with E-state index in [0.717, 1.165) is 10.6 Å². The summed E-state index contributed by atoms with van der Waals surface area (Å²) in [4.78, 5) is 25.1. The molecule has 0 aromatic carbocycles. The molecule has 1 aromatic heterocycles. The second-order valence-corrected chi connectivity index (χ2v) is 5.05. The molecule has 124 valence electrons. The maximum absolute atomic E-state index is 11.9. The van der Waals surface area contributed by atoms with Crippen LogP contribution in [0.1, 0.15) is 6.23 Å². The highest BCUT2D eigenvalue weighted by Crippen LogP contribution is 2.30. The van der Waals surface area contributed by atoms with Crippen LogP contribution in [-0.4, -0.2) is 63.9 Å². The van der Waals surface area contributed by atoms with Gasteiger partial charge in [0.1, 0.15) is 18.3 Å². The molecule has 1 saturated heterocycles. The van der Waals surface area contributed by atoms with E-state index in [1.807, 2.05) is 0 Å². The molecule has 0 bridgehead atoms. The van der Waals surface area contributed by atoms with Crippen LogP contribution in [0, 0.1) is 0 Å². The average molecular weight is 316 g/mol. The van der Waals surface area contributed by atoms with E-state index in [1.165, 1.54) is 6.20 Å². The third kappa shape index (κ3) is 3.43. The predicted octanol–water partition coefficient (Wildman–Crippen LogP) is -3.54. The van der Waals surface area contributed by atoms with E-state index in [2.05, 4.69) is 4.98 Å². The number of hydrogen-bond donors (Lipinski definition) is 5. The predicted molar refractivity (Wildman–Crippen MR) is 75.1 cm³/mol. The van der Waals surface area contributed by atoms with Gasteiger partial charge in [-0.3, -0.25) is 14.3 Å². The van der Waals surface area contributed by atoms with Crippen molar-refractivity contribution in [2.75, 3.05) is 19.8 Å². The van der Waals surface area contributed by atoms with Gasteiger partial charge in [-0.15, -0.1) is 0 Å². The van der Waals surface area contributed by atoms with Gasteiger partial charge in [0.25, 0.3) is 5.56 Å². The van der Waals surface area contributed by atoms with E-state index in [-0.39, 0.29) is 13.2 Å². The summed E-state index contributed by atoms with van der Waals surface area (Å²) in [5.74, 6) is 0. The first-order chi connectivity index (χ1) is 10.5. The van der Waals surface area contributed by atoms with E-state index in [1.54, 1.807) is 0 Å². The van der Waals surface area contributed by atoms with Crippen LogP contribution in [0.5, 0.6) is 0 Å². The molecule has 2 rings (SSSR count). The number of aromatic amines is 1. The minimum Gasteiger partial charge on any atom is -0.394 e. The number of aliphatic hydroxyl groups is 2. The summed E-state index contributed by atoms with van der Waals surface area (Å²) in [5, 5.41) is 19.4. The average Bonchev–Trinajstić information content (AvgIpc) is 2.81. The van der Waals surface area contributed by atoms with Gasteiger partial charge in [-0.05, 0) is 0 Å². The van der Waals surface area contributed by atoms with Gasteiger partial charge in [0.05, 0.1) is 13.2 Å². The highest BCUT2D eigenvalue weighted by molar-refractivity contribution is 4.94. The molecule has 1 aliphatic heterocycles. The summed E-state index contributed by atoms with van der Waals surface area (Å²) in [6, 6.07) is 0.708. The van der Waals surface area contributed by atoms with Crippen molar-refractivity contribution in [2.24, 2.45) is 11.5 Å². The zero-order valence-electron chi connectivity index (χ0n) is 11.8. The van der Waals surface area contributed by atoms with E-state index in [0.29, 0.717) is 0 Å². The monoisotopic (exact) mass is 316 g/mol. The van der Waals surface area contributed by atoms with Gasteiger partial charge in [-0.2, -0.15) is 0 Å². The SMILES string of the molecule is NCC(N)CO[C@@H]1[C@H](O)[C@@H](CO)O[C@H]1n1ccc(=O)[nH]c1=O. The molecular weight excluding hydrogens is 296 g/mol. The topological polar surface area (TPSA) is 166 Å². The van der Waals surface area contributed by atoms with Gasteiger partial charge in [-0.25, -0.2) is 4.79 Å². The molecule has 1 aliphatic rings. The van der Waals surface area contributed by atoms with Crippen molar-refractivity contribution in [3.05, 3.63) is 33.1 Å². The summed E-state index contributed by atoms with van der Waals surface area (Å²) in [7, 11) is 0. The highest BCUT2D eigenvalue weighted by Gasteiger charge is 2.45. The van der Waals surface area contributed by atoms with E-state index < -0.39 is 48.4 Å². The van der Waals surface area contributed by atoms with Crippen molar-refractivity contribution >= 4 is 0 Å². The fraction of sp³-hybridized carbons (Fsp3) is 0.667. The number of hydrogen-bond acceptors (Lipinski definition) is 8. The Hall–Kier alpha value is -1.56. The van der Waals surface area contributed by atoms with Crippen LogP contribution in [0.4, 0.5) is 0 Å². The Bertz CT molecular complexity index is 602. The molecule has 10 nitrogen and oxygen atoms in total. The lowest BCUT2D eigenvalue weighted by Crippen LogP contribution is -2.42. The summed E-state index contributed by atoms with van der Waals surface area (Å²) >= 11 is 0. The maximum atomic E-state index is 11.9. The molecule has 5 atom stereocenters. The van der Waals surface area contributed by atoms with Crippen LogP contribution >= 0.6 is 0 Å². The van der Waals surface area contributed by atoms with Crippen molar-refractivity contribution in [1.82, 2.24) is 9.55 Å². The summed E-state index contributed by atoms with van der Waals surface area (Å²) in [6.07, 6.45) is -2.76.